The van der Waals surface area contributed by atoms with Gasteiger partial charge in [0, 0.05) is 16.8 Å². The number of H-pyrrole nitrogens is 2. The monoisotopic (exact) mass is 390 g/mol. The largest absolute Gasteiger partial charge is 0.452 e. The number of hydrogen-bond acceptors (Lipinski definition) is 6. The van der Waals surface area contributed by atoms with E-state index in [-0.39, 0.29) is 16.3 Å². The predicted molar refractivity (Wildman–Crippen MR) is 95.9 cm³/mol. The summed E-state index contributed by atoms with van der Waals surface area (Å²) >= 11 is 5.75. The fourth-order valence-electron chi connectivity index (χ4n) is 2.35. The number of esters is 1. The molecule has 27 heavy (non-hydrogen) atoms. The molecule has 0 fully saturated rings. The number of nitro benzene ring substituents is 1. The van der Waals surface area contributed by atoms with Gasteiger partial charge in [0.15, 0.2) is 6.61 Å². The number of aromatic nitrogens is 2. The highest BCUT2D eigenvalue weighted by Gasteiger charge is 2.22. The van der Waals surface area contributed by atoms with Crippen molar-refractivity contribution >= 4 is 45.9 Å². The Morgan fingerprint density at radius 1 is 1.15 bits per heavy atom. The van der Waals surface area contributed by atoms with E-state index in [9.17, 15) is 24.5 Å². The van der Waals surface area contributed by atoms with Gasteiger partial charge >= 0.3 is 11.7 Å². The number of carbonyl (C=O) groups excluding carboxylic acids is 2. The molecule has 3 N–H and O–H groups in total. The van der Waals surface area contributed by atoms with E-state index in [2.05, 4.69) is 15.3 Å². The van der Waals surface area contributed by atoms with Crippen LogP contribution in [0.2, 0.25) is 5.02 Å². The fourth-order valence-corrected chi connectivity index (χ4v) is 2.52. The van der Waals surface area contributed by atoms with Crippen LogP contribution >= 0.6 is 11.6 Å². The average Bonchev–Trinajstić information content (AvgIpc) is 2.98. The molecule has 138 valence electrons. The lowest BCUT2D eigenvalue weighted by molar-refractivity contribution is -0.385. The lowest BCUT2D eigenvalue weighted by Gasteiger charge is -2.07. The van der Waals surface area contributed by atoms with Crippen molar-refractivity contribution < 1.29 is 19.2 Å². The number of carbonyl (C=O) groups is 2. The molecule has 10 nitrogen and oxygen atoms in total. The number of nitrogens with one attached hydrogen (secondary N) is 3. The molecule has 3 aromatic rings. The minimum Gasteiger partial charge on any atom is -0.452 e. The zero-order valence-electron chi connectivity index (χ0n) is 13.4. The van der Waals surface area contributed by atoms with E-state index in [1.165, 1.54) is 12.1 Å². The summed E-state index contributed by atoms with van der Waals surface area (Å²) in [5.74, 6) is -1.71. The van der Waals surface area contributed by atoms with Gasteiger partial charge in [0.05, 0.1) is 16.0 Å². The molecule has 0 bridgehead atoms. The summed E-state index contributed by atoms with van der Waals surface area (Å²) in [7, 11) is 0. The molecule has 0 aliphatic heterocycles. The maximum atomic E-state index is 12.0. The number of amides is 1. The van der Waals surface area contributed by atoms with Crippen molar-refractivity contribution in [2.45, 2.75) is 0 Å². The molecule has 0 spiro atoms. The highest BCUT2D eigenvalue weighted by molar-refractivity contribution is 6.31. The maximum Gasteiger partial charge on any atom is 0.345 e. The van der Waals surface area contributed by atoms with Crippen molar-refractivity contribution in [3.8, 4) is 0 Å². The minimum absolute atomic E-state index is 0.116. The van der Waals surface area contributed by atoms with Crippen molar-refractivity contribution in [2.24, 2.45) is 0 Å². The van der Waals surface area contributed by atoms with Crippen molar-refractivity contribution in [1.82, 2.24) is 9.97 Å². The molecule has 1 amide bonds. The van der Waals surface area contributed by atoms with Gasteiger partial charge in [0.25, 0.3) is 11.6 Å². The van der Waals surface area contributed by atoms with E-state index in [4.69, 9.17) is 16.3 Å². The average molecular weight is 391 g/mol. The van der Waals surface area contributed by atoms with Crippen LogP contribution in [0.1, 0.15) is 10.4 Å². The van der Waals surface area contributed by atoms with E-state index < -0.39 is 29.1 Å². The van der Waals surface area contributed by atoms with Crippen molar-refractivity contribution in [3.63, 3.8) is 0 Å². The number of rotatable bonds is 5. The van der Waals surface area contributed by atoms with Gasteiger partial charge in [0.2, 0.25) is 0 Å². The van der Waals surface area contributed by atoms with E-state index in [1.54, 1.807) is 12.1 Å². The highest BCUT2D eigenvalue weighted by atomic mass is 35.5. The highest BCUT2D eigenvalue weighted by Crippen LogP contribution is 2.23. The van der Waals surface area contributed by atoms with Gasteiger partial charge in [0.1, 0.15) is 5.56 Å². The van der Waals surface area contributed by atoms with Crippen LogP contribution in [0.3, 0.4) is 0 Å². The fraction of sp³-hybridized carbons (Fsp3) is 0.0625. The lowest BCUT2D eigenvalue weighted by Crippen LogP contribution is -2.21. The number of fused-ring (bicyclic) bond motifs is 1. The van der Waals surface area contributed by atoms with Crippen LogP contribution < -0.4 is 11.0 Å². The molecule has 11 heteroatoms. The van der Waals surface area contributed by atoms with Gasteiger partial charge in [-0.3, -0.25) is 14.9 Å². The Hall–Kier alpha value is -3.66. The Kier molecular flexibility index (Phi) is 4.90. The Balaban J connectivity index is 1.66. The quantitative estimate of drug-likeness (QED) is 0.345. The van der Waals surface area contributed by atoms with Crippen LogP contribution in [-0.2, 0) is 9.53 Å². The van der Waals surface area contributed by atoms with Crippen LogP contribution in [0.4, 0.5) is 11.4 Å². The van der Waals surface area contributed by atoms with E-state index in [0.29, 0.717) is 16.7 Å². The van der Waals surface area contributed by atoms with Gasteiger partial charge in [-0.1, -0.05) is 11.6 Å². The molecule has 0 radical (unpaired) electrons. The van der Waals surface area contributed by atoms with Crippen molar-refractivity contribution in [1.29, 1.82) is 0 Å². The van der Waals surface area contributed by atoms with Crippen LogP contribution in [0.15, 0.2) is 41.2 Å². The van der Waals surface area contributed by atoms with E-state index in [1.807, 2.05) is 0 Å². The Labute approximate surface area is 155 Å². The molecule has 3 rings (SSSR count). The molecule has 0 atom stereocenters. The van der Waals surface area contributed by atoms with Crippen LogP contribution in [-0.4, -0.2) is 33.4 Å². The lowest BCUT2D eigenvalue weighted by atomic mass is 10.2. The van der Waals surface area contributed by atoms with Crippen LogP contribution in [0.5, 0.6) is 0 Å². The van der Waals surface area contributed by atoms with Gasteiger partial charge in [-0.2, -0.15) is 0 Å². The third-order valence-corrected chi connectivity index (χ3v) is 3.74. The smallest absolute Gasteiger partial charge is 0.345 e. The van der Waals surface area contributed by atoms with Gasteiger partial charge in [-0.25, -0.2) is 9.59 Å². The van der Waals surface area contributed by atoms with Gasteiger partial charge < -0.3 is 20.0 Å². The number of hydrogen-bond donors (Lipinski definition) is 3. The van der Waals surface area contributed by atoms with E-state index in [0.717, 1.165) is 12.1 Å². The SMILES string of the molecule is O=C(COC(=O)c1cc(Cl)ccc1[N+](=O)[O-])Nc1ccc2[nH]c(=O)[nH]c2c1. The first kappa shape index (κ1) is 18.1. The Bertz CT molecular complexity index is 1120. The summed E-state index contributed by atoms with van der Waals surface area (Å²) in [6, 6.07) is 8.10. The van der Waals surface area contributed by atoms with Gasteiger partial charge in [-0.15, -0.1) is 0 Å². The zero-order chi connectivity index (χ0) is 19.6. The van der Waals surface area contributed by atoms with Crippen molar-refractivity contribution in [3.05, 3.63) is 67.6 Å². The molecule has 0 aliphatic carbocycles. The summed E-state index contributed by atoms with van der Waals surface area (Å²) in [4.78, 5) is 50.5. The second kappa shape index (κ2) is 7.30. The second-order valence-electron chi connectivity index (χ2n) is 5.38. The first-order valence-corrected chi connectivity index (χ1v) is 7.84. The topological polar surface area (TPSA) is 147 Å². The van der Waals surface area contributed by atoms with Crippen LogP contribution in [0.25, 0.3) is 11.0 Å². The molecule has 0 aliphatic rings. The molecular weight excluding hydrogens is 380 g/mol. The van der Waals surface area contributed by atoms with E-state index >= 15 is 0 Å². The normalized spacial score (nSPS) is 10.6. The molecule has 1 heterocycles. The summed E-state index contributed by atoms with van der Waals surface area (Å²) < 4.78 is 4.82. The molecule has 0 unspecified atom stereocenters. The molecule has 0 saturated carbocycles. The Morgan fingerprint density at radius 3 is 2.63 bits per heavy atom. The third kappa shape index (κ3) is 4.12. The summed E-state index contributed by atoms with van der Waals surface area (Å²) in [5.41, 5.74) is 0.207. The summed E-state index contributed by atoms with van der Waals surface area (Å²) in [6.45, 7) is -0.663. The predicted octanol–water partition coefficient (Wildman–Crippen LogP) is 2.21. The summed E-state index contributed by atoms with van der Waals surface area (Å²) in [6.07, 6.45) is 0. The van der Waals surface area contributed by atoms with Gasteiger partial charge in [-0.05, 0) is 30.3 Å². The number of anilines is 1. The standard InChI is InChI=1S/C16H11ClN4O6/c17-8-1-4-13(21(25)26)10(5-8)15(23)27-7-14(22)18-9-2-3-11-12(6-9)20-16(24)19-11/h1-6H,7H2,(H,18,22)(H2,19,20,24). The number of imidazole rings is 1. The number of aromatic amines is 2. The number of benzene rings is 2. The number of halogens is 1. The zero-order valence-corrected chi connectivity index (χ0v) is 14.2. The first-order chi connectivity index (χ1) is 12.8. The molecule has 2 aromatic carbocycles. The first-order valence-electron chi connectivity index (χ1n) is 7.46. The number of ether oxygens (including phenoxy) is 1. The third-order valence-electron chi connectivity index (χ3n) is 3.51. The van der Waals surface area contributed by atoms with Crippen LogP contribution in [0, 0.1) is 10.1 Å². The number of nitrogens with zero attached hydrogens (tertiary/aromatic N) is 1. The second-order valence-corrected chi connectivity index (χ2v) is 5.82. The summed E-state index contributed by atoms with van der Waals surface area (Å²) in [5, 5.41) is 13.6. The minimum atomic E-state index is -1.05. The Morgan fingerprint density at radius 2 is 1.89 bits per heavy atom. The molecule has 1 aromatic heterocycles. The molecule has 0 saturated heterocycles. The molecular formula is C16H11ClN4O6. The number of nitro groups is 1. The maximum absolute atomic E-state index is 12.0. The van der Waals surface area contributed by atoms with Crippen molar-refractivity contribution in [2.75, 3.05) is 11.9 Å².